The van der Waals surface area contributed by atoms with Gasteiger partial charge in [0, 0.05) is 31.1 Å². The molecule has 3 aliphatic carbocycles. The van der Waals surface area contributed by atoms with E-state index in [1.54, 1.807) is 6.92 Å². The summed E-state index contributed by atoms with van der Waals surface area (Å²) in [5.74, 6) is -10.5. The number of rotatable bonds is 3. The number of amides is 2. The standard InChI is InChI=1S/C25H29N3O9/c1-8-11-9(24(36)28(4)5)6-7-10(29)13(11)18(30)14-12(8)19(31)16-17(27(2)3)20(32)15(23(26)35)22(34)25(16,37)21(14)33/h6-8,12,16-17,19,29-31,34,37H,1-5H3,(H2,26,35)/t8-,12+,16+,17-,19-,25-/m0/s1. The van der Waals surface area contributed by atoms with Crippen molar-refractivity contribution in [2.75, 3.05) is 28.2 Å². The fraction of sp³-hybridized carbons (Fsp3) is 0.440. The molecular formula is C25H29N3O9. The van der Waals surface area contributed by atoms with Crippen LogP contribution in [0.25, 0.3) is 5.76 Å². The Morgan fingerprint density at radius 2 is 1.65 bits per heavy atom. The van der Waals surface area contributed by atoms with Crippen molar-refractivity contribution in [1.29, 1.82) is 0 Å². The van der Waals surface area contributed by atoms with E-state index in [4.69, 9.17) is 5.73 Å². The van der Waals surface area contributed by atoms with Crippen LogP contribution in [0.15, 0.2) is 29.0 Å². The molecule has 6 atom stereocenters. The number of hydrogen-bond acceptors (Lipinski definition) is 10. The van der Waals surface area contributed by atoms with Gasteiger partial charge in [0.15, 0.2) is 11.4 Å². The van der Waals surface area contributed by atoms with Gasteiger partial charge in [0.05, 0.1) is 23.6 Å². The summed E-state index contributed by atoms with van der Waals surface area (Å²) < 4.78 is 0. The molecule has 12 heteroatoms. The Labute approximate surface area is 211 Å². The SMILES string of the molecule is C[C@H]1c2c(C(=O)N(C)C)ccc(O)c2C(O)=C2C(=O)[C@]3(O)C(O)=C(C(N)=O)C(=O)[C@@H](N(C)C)[C@@H]3[C@@H](O)[C@@H]21. The van der Waals surface area contributed by atoms with E-state index >= 15 is 0 Å². The van der Waals surface area contributed by atoms with Crippen LogP contribution in [0.2, 0.25) is 0 Å². The zero-order valence-corrected chi connectivity index (χ0v) is 20.9. The van der Waals surface area contributed by atoms with E-state index in [1.165, 1.54) is 50.1 Å². The van der Waals surface area contributed by atoms with E-state index in [1.807, 2.05) is 0 Å². The molecule has 12 nitrogen and oxygen atoms in total. The molecule has 198 valence electrons. The number of nitrogens with two attached hydrogens (primary N) is 1. The third kappa shape index (κ3) is 3.26. The minimum absolute atomic E-state index is 0.110. The van der Waals surface area contributed by atoms with Gasteiger partial charge >= 0.3 is 0 Å². The van der Waals surface area contributed by atoms with Gasteiger partial charge in [-0.1, -0.05) is 6.92 Å². The van der Waals surface area contributed by atoms with Crippen LogP contribution in [0.3, 0.4) is 0 Å². The first-order chi connectivity index (χ1) is 17.1. The summed E-state index contributed by atoms with van der Waals surface area (Å²) in [4.78, 5) is 54.7. The second kappa shape index (κ2) is 8.40. The molecule has 0 heterocycles. The monoisotopic (exact) mass is 515 g/mol. The molecule has 0 unspecified atom stereocenters. The van der Waals surface area contributed by atoms with E-state index in [0.717, 1.165) is 0 Å². The van der Waals surface area contributed by atoms with Gasteiger partial charge in [-0.25, -0.2) is 0 Å². The summed E-state index contributed by atoms with van der Waals surface area (Å²) in [7, 11) is 5.87. The van der Waals surface area contributed by atoms with Crippen LogP contribution in [0, 0.1) is 11.8 Å². The molecule has 3 aliphatic rings. The molecule has 1 aromatic carbocycles. The van der Waals surface area contributed by atoms with E-state index in [-0.39, 0.29) is 16.7 Å². The molecule has 1 saturated carbocycles. The highest BCUT2D eigenvalue weighted by molar-refractivity contribution is 6.24. The maximum Gasteiger partial charge on any atom is 0.255 e. The summed E-state index contributed by atoms with van der Waals surface area (Å²) in [6.45, 7) is 1.57. The van der Waals surface area contributed by atoms with E-state index in [0.29, 0.717) is 0 Å². The van der Waals surface area contributed by atoms with E-state index in [9.17, 15) is 44.7 Å². The predicted octanol–water partition coefficient (Wildman–Crippen LogP) is -0.802. The van der Waals surface area contributed by atoms with Crippen LogP contribution in [0.1, 0.15) is 34.3 Å². The third-order valence-electron chi connectivity index (χ3n) is 7.74. The summed E-state index contributed by atoms with van der Waals surface area (Å²) >= 11 is 0. The number of primary amides is 1. The highest BCUT2D eigenvalue weighted by atomic mass is 16.4. The van der Waals surface area contributed by atoms with Crippen LogP contribution in [-0.4, -0.2) is 105 Å². The first-order valence-electron chi connectivity index (χ1n) is 11.5. The number of nitrogens with zero attached hydrogens (tertiary/aromatic N) is 2. The van der Waals surface area contributed by atoms with Gasteiger partial charge in [-0.2, -0.15) is 0 Å². The quantitative estimate of drug-likeness (QED) is 0.277. The van der Waals surface area contributed by atoms with Gasteiger partial charge in [0.1, 0.15) is 22.8 Å². The summed E-state index contributed by atoms with van der Waals surface area (Å²) in [6.07, 6.45) is -1.74. The Hall–Kier alpha value is -3.74. The predicted molar refractivity (Wildman–Crippen MR) is 128 cm³/mol. The first-order valence-corrected chi connectivity index (χ1v) is 11.5. The van der Waals surface area contributed by atoms with Gasteiger partial charge in [-0.05, 0) is 37.7 Å². The zero-order valence-electron chi connectivity index (χ0n) is 20.9. The lowest BCUT2D eigenvalue weighted by atomic mass is 9.54. The molecule has 0 aromatic heterocycles. The van der Waals surface area contributed by atoms with E-state index < -0.39 is 87.3 Å². The van der Waals surface area contributed by atoms with Crippen molar-refractivity contribution in [3.8, 4) is 5.75 Å². The Kier molecular flexibility index (Phi) is 5.98. The lowest BCUT2D eigenvalue weighted by Gasteiger charge is -2.53. The number of ketones is 2. The van der Waals surface area contributed by atoms with Crippen LogP contribution < -0.4 is 5.73 Å². The number of aromatic hydroxyl groups is 1. The Morgan fingerprint density at radius 3 is 2.16 bits per heavy atom. The second-order valence-electron chi connectivity index (χ2n) is 10.2. The van der Waals surface area contributed by atoms with Crippen LogP contribution in [0.4, 0.5) is 0 Å². The molecule has 2 amide bonds. The maximum absolute atomic E-state index is 13.9. The van der Waals surface area contributed by atoms with Gasteiger partial charge in [0.2, 0.25) is 5.78 Å². The van der Waals surface area contributed by atoms with Gasteiger partial charge in [-0.15, -0.1) is 0 Å². The third-order valence-corrected chi connectivity index (χ3v) is 7.74. The summed E-state index contributed by atoms with van der Waals surface area (Å²) in [6, 6.07) is 1.08. The van der Waals surface area contributed by atoms with Crippen LogP contribution in [0.5, 0.6) is 5.75 Å². The highest BCUT2D eigenvalue weighted by Crippen LogP contribution is 2.56. The van der Waals surface area contributed by atoms with Crippen molar-refractivity contribution in [2.45, 2.75) is 30.6 Å². The normalized spacial score (nSPS) is 31.2. The number of carbonyl (C=O) groups is 4. The average molecular weight is 516 g/mol. The maximum atomic E-state index is 13.9. The van der Waals surface area contributed by atoms with Crippen molar-refractivity contribution in [3.05, 3.63) is 45.7 Å². The van der Waals surface area contributed by atoms with Crippen molar-refractivity contribution >= 4 is 29.1 Å². The molecule has 1 aromatic rings. The molecule has 37 heavy (non-hydrogen) atoms. The number of benzene rings is 1. The average Bonchev–Trinajstić information content (AvgIpc) is 2.80. The number of carbonyl (C=O) groups excluding carboxylic acids is 4. The molecule has 1 fully saturated rings. The van der Waals surface area contributed by atoms with Crippen LogP contribution in [-0.2, 0) is 14.4 Å². The lowest BCUT2D eigenvalue weighted by molar-refractivity contribution is -0.169. The number of phenolic OH excluding ortho intramolecular Hbond substituents is 1. The molecule has 0 aliphatic heterocycles. The number of hydrogen-bond donors (Lipinski definition) is 6. The van der Waals surface area contributed by atoms with Crippen molar-refractivity contribution < 1.29 is 44.7 Å². The Morgan fingerprint density at radius 1 is 1.05 bits per heavy atom. The second-order valence-corrected chi connectivity index (χ2v) is 10.2. The fourth-order valence-corrected chi connectivity index (χ4v) is 6.12. The largest absolute Gasteiger partial charge is 0.508 e. The first kappa shape index (κ1) is 26.3. The number of Topliss-reactive ketones (excluding diaryl/α,β-unsaturated/α-hetero) is 2. The lowest BCUT2D eigenvalue weighted by Crippen LogP contribution is -2.70. The Balaban J connectivity index is 2.08. The van der Waals surface area contributed by atoms with Gasteiger partial charge < -0.3 is 36.2 Å². The molecule has 0 bridgehead atoms. The molecule has 7 N–H and O–H groups in total. The number of likely N-dealkylation sites (N-methyl/N-ethyl adjacent to an activating group) is 1. The highest BCUT2D eigenvalue weighted by Gasteiger charge is 2.68. The molecule has 0 spiro atoms. The molecule has 0 saturated heterocycles. The van der Waals surface area contributed by atoms with Crippen molar-refractivity contribution in [2.24, 2.45) is 17.6 Å². The van der Waals surface area contributed by atoms with Crippen LogP contribution >= 0.6 is 0 Å². The number of phenols is 1. The van der Waals surface area contributed by atoms with Crippen molar-refractivity contribution in [1.82, 2.24) is 9.80 Å². The van der Waals surface area contributed by atoms with Gasteiger partial charge in [-0.3, -0.25) is 24.1 Å². The zero-order chi connectivity index (χ0) is 27.9. The topological polar surface area (TPSA) is 202 Å². The minimum atomic E-state index is -2.99. The molecular weight excluding hydrogens is 486 g/mol. The number of aliphatic hydroxyl groups is 4. The number of aliphatic hydroxyl groups excluding tert-OH is 3. The Bertz CT molecular complexity index is 1330. The molecule has 4 rings (SSSR count). The minimum Gasteiger partial charge on any atom is -0.508 e. The van der Waals surface area contributed by atoms with Gasteiger partial charge in [0.25, 0.3) is 11.8 Å². The van der Waals surface area contributed by atoms with E-state index in [2.05, 4.69) is 0 Å². The summed E-state index contributed by atoms with van der Waals surface area (Å²) in [5, 5.41) is 56.1. The smallest absolute Gasteiger partial charge is 0.255 e. The summed E-state index contributed by atoms with van der Waals surface area (Å²) in [5.41, 5.74) is 0.852. The molecule has 0 radical (unpaired) electrons. The number of fused-ring (bicyclic) bond motifs is 3. The fourth-order valence-electron chi connectivity index (χ4n) is 6.12. The van der Waals surface area contributed by atoms with Crippen molar-refractivity contribution in [3.63, 3.8) is 0 Å².